The van der Waals surface area contributed by atoms with E-state index in [9.17, 15) is 10.1 Å². The lowest BCUT2D eigenvalue weighted by molar-refractivity contribution is -0.384. The predicted molar refractivity (Wildman–Crippen MR) is 85.8 cm³/mol. The molecule has 0 radical (unpaired) electrons. The van der Waals surface area contributed by atoms with E-state index in [1.54, 1.807) is 11.8 Å². The maximum Gasteiger partial charge on any atom is 0.276 e. The van der Waals surface area contributed by atoms with Crippen LogP contribution in [0.2, 0.25) is 0 Å². The van der Waals surface area contributed by atoms with Gasteiger partial charge in [0.1, 0.15) is 11.6 Å². The zero-order chi connectivity index (χ0) is 15.0. The molecule has 1 unspecified atom stereocenters. The fraction of sp³-hybridized carbons (Fsp3) is 0.615. The molecule has 20 heavy (non-hydrogen) atoms. The van der Waals surface area contributed by atoms with Gasteiger partial charge in [0.05, 0.1) is 17.1 Å². The molecule has 1 aromatic rings. The van der Waals surface area contributed by atoms with Crippen molar-refractivity contribution in [2.24, 2.45) is 0 Å². The molecule has 0 saturated carbocycles. The Bertz CT molecular complexity index is 442. The summed E-state index contributed by atoms with van der Waals surface area (Å²) in [6, 6.07) is 3.22. The SMILES string of the molecule is CCCNc1cc([N+](=O)[O-])cc(NC(CC)CSC)n1. The van der Waals surface area contributed by atoms with Gasteiger partial charge in [-0.1, -0.05) is 13.8 Å². The van der Waals surface area contributed by atoms with Crippen LogP contribution >= 0.6 is 11.8 Å². The van der Waals surface area contributed by atoms with Crippen LogP contribution in [-0.4, -0.2) is 34.5 Å². The number of thioether (sulfide) groups is 1. The van der Waals surface area contributed by atoms with Crippen molar-refractivity contribution in [2.45, 2.75) is 32.7 Å². The third-order valence-corrected chi connectivity index (χ3v) is 3.53. The fourth-order valence-electron chi connectivity index (χ4n) is 1.71. The average molecular weight is 298 g/mol. The lowest BCUT2D eigenvalue weighted by Gasteiger charge is -2.17. The summed E-state index contributed by atoms with van der Waals surface area (Å²) >= 11 is 1.74. The Balaban J connectivity index is 2.92. The minimum Gasteiger partial charge on any atom is -0.370 e. The van der Waals surface area contributed by atoms with Gasteiger partial charge in [-0.2, -0.15) is 11.8 Å². The zero-order valence-electron chi connectivity index (χ0n) is 12.2. The molecule has 0 spiro atoms. The van der Waals surface area contributed by atoms with Crippen LogP contribution in [0.5, 0.6) is 0 Å². The summed E-state index contributed by atoms with van der Waals surface area (Å²) < 4.78 is 0. The van der Waals surface area contributed by atoms with Gasteiger partial charge < -0.3 is 10.6 Å². The van der Waals surface area contributed by atoms with Gasteiger partial charge in [-0.15, -0.1) is 0 Å². The molecule has 1 aromatic heterocycles. The molecule has 1 atom stereocenters. The molecule has 6 nitrogen and oxygen atoms in total. The molecular weight excluding hydrogens is 276 g/mol. The summed E-state index contributed by atoms with van der Waals surface area (Å²) in [7, 11) is 0. The lowest BCUT2D eigenvalue weighted by Crippen LogP contribution is -2.22. The van der Waals surface area contributed by atoms with Gasteiger partial charge in [0.2, 0.25) is 0 Å². The van der Waals surface area contributed by atoms with E-state index >= 15 is 0 Å². The number of rotatable bonds is 9. The van der Waals surface area contributed by atoms with Crippen molar-refractivity contribution in [1.82, 2.24) is 4.98 Å². The van der Waals surface area contributed by atoms with E-state index in [4.69, 9.17) is 0 Å². The first kappa shape index (κ1) is 16.6. The molecule has 7 heteroatoms. The Morgan fingerprint density at radius 2 is 2.10 bits per heavy atom. The number of pyridine rings is 1. The number of aromatic nitrogens is 1. The van der Waals surface area contributed by atoms with Crippen molar-refractivity contribution in [2.75, 3.05) is 29.2 Å². The third kappa shape index (κ3) is 5.24. The number of hydrogen-bond donors (Lipinski definition) is 2. The minimum absolute atomic E-state index is 0.0557. The van der Waals surface area contributed by atoms with E-state index in [2.05, 4.69) is 22.5 Å². The second kappa shape index (κ2) is 8.63. The number of nitro groups is 1. The van der Waals surface area contributed by atoms with E-state index < -0.39 is 0 Å². The Morgan fingerprint density at radius 3 is 2.65 bits per heavy atom. The van der Waals surface area contributed by atoms with Crippen LogP contribution in [0.3, 0.4) is 0 Å². The first-order chi connectivity index (χ1) is 9.60. The van der Waals surface area contributed by atoms with Crippen molar-refractivity contribution in [3.63, 3.8) is 0 Å². The van der Waals surface area contributed by atoms with E-state index in [0.29, 0.717) is 11.6 Å². The molecule has 0 aliphatic carbocycles. The maximum atomic E-state index is 11.0. The molecule has 112 valence electrons. The Hall–Kier alpha value is -1.50. The molecule has 0 amide bonds. The molecule has 1 rings (SSSR count). The highest BCUT2D eigenvalue weighted by Crippen LogP contribution is 2.22. The van der Waals surface area contributed by atoms with Gasteiger partial charge in [-0.05, 0) is 19.1 Å². The van der Waals surface area contributed by atoms with Crippen molar-refractivity contribution >= 4 is 29.1 Å². The summed E-state index contributed by atoms with van der Waals surface area (Å²) in [6.45, 7) is 4.87. The normalized spacial score (nSPS) is 11.9. The quantitative estimate of drug-likeness (QED) is 0.537. The van der Waals surface area contributed by atoms with Crippen LogP contribution in [0.1, 0.15) is 26.7 Å². The van der Waals surface area contributed by atoms with Gasteiger partial charge in [0.15, 0.2) is 0 Å². The summed E-state index contributed by atoms with van der Waals surface area (Å²) in [6.07, 6.45) is 3.93. The van der Waals surface area contributed by atoms with Crippen molar-refractivity contribution in [1.29, 1.82) is 0 Å². The molecule has 0 bridgehead atoms. The lowest BCUT2D eigenvalue weighted by atomic mass is 10.2. The highest BCUT2D eigenvalue weighted by molar-refractivity contribution is 7.98. The van der Waals surface area contributed by atoms with Crippen molar-refractivity contribution < 1.29 is 4.92 Å². The zero-order valence-corrected chi connectivity index (χ0v) is 13.0. The smallest absolute Gasteiger partial charge is 0.276 e. The molecule has 0 aliphatic rings. The maximum absolute atomic E-state index is 11.0. The second-order valence-corrected chi connectivity index (χ2v) is 5.40. The number of nitrogens with zero attached hydrogens (tertiary/aromatic N) is 2. The largest absolute Gasteiger partial charge is 0.370 e. The standard InChI is InChI=1S/C13H22N4O2S/c1-4-6-14-12-7-11(17(18)19)8-13(16-12)15-10(5-2)9-20-3/h7-8,10H,4-6,9H2,1-3H3,(H2,14,15,16). The first-order valence-corrected chi connectivity index (χ1v) is 8.15. The Kier molecular flexibility index (Phi) is 7.14. The number of hydrogen-bond acceptors (Lipinski definition) is 6. The molecular formula is C13H22N4O2S. The van der Waals surface area contributed by atoms with Gasteiger partial charge in [-0.3, -0.25) is 10.1 Å². The Morgan fingerprint density at radius 1 is 1.40 bits per heavy atom. The molecule has 1 heterocycles. The van der Waals surface area contributed by atoms with Crippen LogP contribution in [0.25, 0.3) is 0 Å². The molecule has 0 saturated heterocycles. The monoisotopic (exact) mass is 298 g/mol. The van der Waals surface area contributed by atoms with Gasteiger partial charge in [0, 0.05) is 18.3 Å². The van der Waals surface area contributed by atoms with Gasteiger partial charge in [-0.25, -0.2) is 4.98 Å². The van der Waals surface area contributed by atoms with Crippen molar-refractivity contribution in [3.8, 4) is 0 Å². The highest BCUT2D eigenvalue weighted by atomic mass is 32.2. The minimum atomic E-state index is -0.389. The van der Waals surface area contributed by atoms with Crippen LogP contribution < -0.4 is 10.6 Å². The average Bonchev–Trinajstić information content (AvgIpc) is 2.44. The van der Waals surface area contributed by atoms with Crippen LogP contribution in [0, 0.1) is 10.1 Å². The highest BCUT2D eigenvalue weighted by Gasteiger charge is 2.13. The summed E-state index contributed by atoms with van der Waals surface area (Å²) in [5.41, 5.74) is 0.0557. The summed E-state index contributed by atoms with van der Waals surface area (Å²) in [5, 5.41) is 17.3. The molecule has 0 aliphatic heterocycles. The Labute approximate surface area is 123 Å². The fourth-order valence-corrected chi connectivity index (χ4v) is 2.43. The summed E-state index contributed by atoms with van der Waals surface area (Å²) in [5.74, 6) is 2.04. The number of nitrogens with one attached hydrogen (secondary N) is 2. The number of anilines is 2. The van der Waals surface area contributed by atoms with Gasteiger partial charge in [0.25, 0.3) is 5.69 Å². The molecule has 0 fully saturated rings. The van der Waals surface area contributed by atoms with E-state index in [1.165, 1.54) is 12.1 Å². The van der Waals surface area contributed by atoms with E-state index in [-0.39, 0.29) is 16.7 Å². The third-order valence-electron chi connectivity index (χ3n) is 2.79. The van der Waals surface area contributed by atoms with Crippen molar-refractivity contribution in [3.05, 3.63) is 22.2 Å². The first-order valence-electron chi connectivity index (χ1n) is 6.76. The summed E-state index contributed by atoms with van der Waals surface area (Å²) in [4.78, 5) is 15.0. The van der Waals surface area contributed by atoms with E-state index in [0.717, 1.165) is 25.1 Å². The van der Waals surface area contributed by atoms with Gasteiger partial charge >= 0.3 is 0 Å². The second-order valence-electron chi connectivity index (χ2n) is 4.48. The van der Waals surface area contributed by atoms with Crippen LogP contribution in [0.4, 0.5) is 17.3 Å². The van der Waals surface area contributed by atoms with Crippen LogP contribution in [-0.2, 0) is 0 Å². The molecule has 0 aromatic carbocycles. The van der Waals surface area contributed by atoms with Crippen LogP contribution in [0.15, 0.2) is 12.1 Å². The predicted octanol–water partition coefficient (Wildman–Crippen LogP) is 3.37. The topological polar surface area (TPSA) is 80.1 Å². The molecule has 2 N–H and O–H groups in total. The van der Waals surface area contributed by atoms with E-state index in [1.807, 2.05) is 13.2 Å².